The van der Waals surface area contributed by atoms with Crippen molar-refractivity contribution in [1.82, 2.24) is 0 Å². The van der Waals surface area contributed by atoms with Gasteiger partial charge in [-0.1, -0.05) is 31.4 Å². The Bertz CT molecular complexity index is 224. The molecule has 0 aliphatic heterocycles. The first-order valence-electron chi connectivity index (χ1n) is 3.17. The van der Waals surface area contributed by atoms with E-state index in [1.54, 1.807) is 36.6 Å². The molecule has 0 radical (unpaired) electrons. The molecule has 0 aromatic carbocycles. The highest BCUT2D eigenvalue weighted by atomic mass is 32.2. The third-order valence-corrected chi connectivity index (χ3v) is 1.95. The summed E-state index contributed by atoms with van der Waals surface area (Å²) < 4.78 is 10.9. The van der Waals surface area contributed by atoms with Crippen molar-refractivity contribution in [1.29, 1.82) is 0 Å². The highest BCUT2D eigenvalue weighted by Crippen LogP contribution is 2.01. The summed E-state index contributed by atoms with van der Waals surface area (Å²) >= 11 is 0. The van der Waals surface area contributed by atoms with Gasteiger partial charge in [-0.3, -0.25) is 4.21 Å². The molecule has 0 aromatic rings. The summed E-state index contributed by atoms with van der Waals surface area (Å²) in [5.74, 6) is 0. The van der Waals surface area contributed by atoms with Crippen LogP contribution in [0.2, 0.25) is 0 Å². The lowest BCUT2D eigenvalue weighted by Gasteiger charge is -1.92. The molecule has 0 rings (SSSR count). The second-order valence-corrected chi connectivity index (χ2v) is 3.23. The summed E-state index contributed by atoms with van der Waals surface area (Å²) in [5, 5.41) is 0. The van der Waals surface area contributed by atoms with E-state index >= 15 is 0 Å². The molecule has 0 saturated heterocycles. The quantitative estimate of drug-likeness (QED) is 0.588. The van der Waals surface area contributed by atoms with Crippen molar-refractivity contribution in [3.05, 3.63) is 48.4 Å². The normalized spacial score (nSPS) is 14.8. The minimum Gasteiger partial charge on any atom is -0.255 e. The Morgan fingerprint density at radius 1 is 1.36 bits per heavy atom. The first-order valence-corrected chi connectivity index (χ1v) is 4.73. The molecule has 0 fully saturated rings. The van der Waals surface area contributed by atoms with Crippen LogP contribution in [0.25, 0.3) is 0 Å². The van der Waals surface area contributed by atoms with Gasteiger partial charge in [-0.2, -0.15) is 0 Å². The van der Waals surface area contributed by atoms with E-state index in [2.05, 4.69) is 13.2 Å². The molecule has 1 nitrogen and oxygen atoms in total. The Labute approximate surface area is 70.3 Å². The molecule has 0 spiro atoms. The van der Waals surface area contributed by atoms with Crippen LogP contribution in [0.15, 0.2) is 48.4 Å². The van der Waals surface area contributed by atoms with E-state index in [-0.39, 0.29) is 0 Å². The fraction of sp³-hybridized carbons (Fsp3) is 0.111. The van der Waals surface area contributed by atoms with E-state index in [0.29, 0.717) is 0 Å². The van der Waals surface area contributed by atoms with Crippen molar-refractivity contribution in [2.24, 2.45) is 0 Å². The van der Waals surface area contributed by atoms with Crippen molar-refractivity contribution in [2.75, 3.05) is 6.26 Å². The van der Waals surface area contributed by atoms with Crippen LogP contribution in [0, 0.1) is 0 Å². The molecule has 0 unspecified atom stereocenters. The van der Waals surface area contributed by atoms with Crippen LogP contribution in [-0.4, -0.2) is 10.5 Å². The summed E-state index contributed by atoms with van der Waals surface area (Å²) in [5.41, 5.74) is 0. The van der Waals surface area contributed by atoms with Crippen molar-refractivity contribution >= 4 is 10.8 Å². The average Bonchev–Trinajstić information content (AvgIpc) is 1.97. The molecule has 0 N–H and O–H groups in total. The molecule has 0 aliphatic carbocycles. The number of hydrogen-bond donors (Lipinski definition) is 0. The van der Waals surface area contributed by atoms with E-state index in [9.17, 15) is 4.21 Å². The predicted octanol–water partition coefficient (Wildman–Crippen LogP) is 2.18. The smallest absolute Gasteiger partial charge is 0.0498 e. The highest BCUT2D eigenvalue weighted by Gasteiger charge is 1.92. The number of hydrogen-bond acceptors (Lipinski definition) is 1. The van der Waals surface area contributed by atoms with Gasteiger partial charge in [-0.25, -0.2) is 0 Å². The van der Waals surface area contributed by atoms with Gasteiger partial charge in [-0.15, -0.1) is 0 Å². The van der Waals surface area contributed by atoms with Gasteiger partial charge in [0.05, 0.1) is 0 Å². The van der Waals surface area contributed by atoms with Gasteiger partial charge < -0.3 is 0 Å². The third kappa shape index (κ3) is 4.51. The summed E-state index contributed by atoms with van der Waals surface area (Å²) in [7, 11) is -0.949. The topological polar surface area (TPSA) is 17.1 Å². The molecular formula is C9H12OS. The van der Waals surface area contributed by atoms with Crippen LogP contribution in [0.5, 0.6) is 0 Å². The van der Waals surface area contributed by atoms with Gasteiger partial charge in [0.2, 0.25) is 0 Å². The second-order valence-electron chi connectivity index (χ2n) is 1.85. The molecule has 11 heavy (non-hydrogen) atoms. The first-order chi connectivity index (χ1) is 5.22. The maximum absolute atomic E-state index is 10.9. The van der Waals surface area contributed by atoms with Gasteiger partial charge in [0.15, 0.2) is 0 Å². The zero-order valence-corrected chi connectivity index (χ0v) is 7.43. The minimum atomic E-state index is -0.949. The zero-order chi connectivity index (χ0) is 8.69. The lowest BCUT2D eigenvalue weighted by Crippen LogP contribution is -1.86. The molecule has 0 amide bonds. The van der Waals surface area contributed by atoms with Crippen LogP contribution < -0.4 is 0 Å². The Kier molecular flexibility index (Phi) is 5.39. The maximum Gasteiger partial charge on any atom is 0.0498 e. The van der Waals surface area contributed by atoms with Crippen LogP contribution in [0.1, 0.15) is 0 Å². The molecule has 0 saturated carbocycles. The number of rotatable bonds is 4. The van der Waals surface area contributed by atoms with Crippen molar-refractivity contribution < 1.29 is 4.21 Å². The lowest BCUT2D eigenvalue weighted by molar-refractivity contribution is 0.691. The van der Waals surface area contributed by atoms with Crippen LogP contribution in [0.3, 0.4) is 0 Å². The van der Waals surface area contributed by atoms with Crippen LogP contribution in [-0.2, 0) is 10.8 Å². The zero-order valence-electron chi connectivity index (χ0n) is 6.62. The maximum atomic E-state index is 10.9. The Morgan fingerprint density at radius 3 is 2.36 bits per heavy atom. The van der Waals surface area contributed by atoms with E-state index in [0.717, 1.165) is 4.91 Å². The molecule has 0 aromatic heterocycles. The van der Waals surface area contributed by atoms with Crippen molar-refractivity contribution in [2.45, 2.75) is 0 Å². The summed E-state index contributed by atoms with van der Waals surface area (Å²) in [6, 6.07) is 0. The Balaban J connectivity index is 4.47. The van der Waals surface area contributed by atoms with E-state index in [1.807, 2.05) is 0 Å². The fourth-order valence-electron chi connectivity index (χ4n) is 0.526. The standard InChI is InChI=1S/C9H12OS/c1-4-6-8-9(7-5-2)11(3)10/h4-8H,1-2H2,3H3/b8-6-,9-7+/t11-/m1/s1. The van der Waals surface area contributed by atoms with Gasteiger partial charge in [-0.05, 0) is 12.2 Å². The van der Waals surface area contributed by atoms with Gasteiger partial charge >= 0.3 is 0 Å². The van der Waals surface area contributed by atoms with E-state index in [4.69, 9.17) is 0 Å². The third-order valence-electron chi connectivity index (χ3n) is 1.01. The van der Waals surface area contributed by atoms with E-state index < -0.39 is 10.8 Å². The summed E-state index contributed by atoms with van der Waals surface area (Å²) in [6.45, 7) is 7.03. The molecular weight excluding hydrogens is 156 g/mol. The van der Waals surface area contributed by atoms with Gasteiger partial charge in [0.25, 0.3) is 0 Å². The van der Waals surface area contributed by atoms with E-state index in [1.165, 1.54) is 0 Å². The monoisotopic (exact) mass is 168 g/mol. The lowest BCUT2D eigenvalue weighted by atomic mass is 10.4. The summed E-state index contributed by atoms with van der Waals surface area (Å²) in [4.78, 5) is 0.750. The summed E-state index contributed by atoms with van der Waals surface area (Å²) in [6.07, 6.45) is 10.1. The molecule has 0 bridgehead atoms. The average molecular weight is 168 g/mol. The largest absolute Gasteiger partial charge is 0.255 e. The van der Waals surface area contributed by atoms with Gasteiger partial charge in [0.1, 0.15) is 0 Å². The second kappa shape index (κ2) is 5.86. The molecule has 0 heterocycles. The molecule has 1 atom stereocenters. The van der Waals surface area contributed by atoms with Crippen LogP contribution >= 0.6 is 0 Å². The van der Waals surface area contributed by atoms with Crippen molar-refractivity contribution in [3.63, 3.8) is 0 Å². The molecule has 0 aliphatic rings. The van der Waals surface area contributed by atoms with Crippen molar-refractivity contribution in [3.8, 4) is 0 Å². The highest BCUT2D eigenvalue weighted by molar-refractivity contribution is 7.88. The fourth-order valence-corrected chi connectivity index (χ4v) is 1.08. The van der Waals surface area contributed by atoms with Crippen LogP contribution in [0.4, 0.5) is 0 Å². The Morgan fingerprint density at radius 2 is 2.00 bits per heavy atom. The predicted molar refractivity (Wildman–Crippen MR) is 51.7 cm³/mol. The Hall–Kier alpha value is -0.890. The number of allylic oxidation sites excluding steroid dienone is 5. The SMILES string of the molecule is C=C/C=C\C(=C/C=C)[S@@](C)=O. The first kappa shape index (κ1) is 10.1. The molecule has 2 heteroatoms. The van der Waals surface area contributed by atoms with Gasteiger partial charge in [0, 0.05) is 22.0 Å². The molecule has 60 valence electrons. The minimum absolute atomic E-state index is 0.750.